The maximum atomic E-state index is 12.7. The van der Waals surface area contributed by atoms with Crippen molar-refractivity contribution in [2.45, 2.75) is 20.0 Å². The first-order valence-corrected chi connectivity index (χ1v) is 10.4. The normalized spacial score (nSPS) is 20.4. The van der Waals surface area contributed by atoms with Gasteiger partial charge in [0.2, 0.25) is 6.10 Å². The molecule has 0 unspecified atom stereocenters. The first-order valence-electron chi connectivity index (χ1n) is 8.78. The molecule has 1 saturated carbocycles. The van der Waals surface area contributed by atoms with Gasteiger partial charge in [-0.3, -0.25) is 4.79 Å². The molecule has 144 valence electrons. The van der Waals surface area contributed by atoms with E-state index in [1.165, 1.54) is 0 Å². The lowest BCUT2D eigenvalue weighted by Gasteiger charge is -2.13. The molecule has 3 atom stereocenters. The second-order valence-electron chi connectivity index (χ2n) is 7.21. The van der Waals surface area contributed by atoms with Gasteiger partial charge in [-0.15, -0.1) is 0 Å². The Balaban J connectivity index is 1.72. The van der Waals surface area contributed by atoms with E-state index in [0.29, 0.717) is 17.1 Å². The molecule has 4 nitrogen and oxygen atoms in total. The summed E-state index contributed by atoms with van der Waals surface area (Å²) in [5.41, 5.74) is 0.374. The first kappa shape index (κ1) is 20.6. The molecule has 1 fully saturated rings. The third-order valence-corrected chi connectivity index (χ3v) is 5.49. The molecule has 0 heterocycles. The van der Waals surface area contributed by atoms with E-state index in [4.69, 9.17) is 9.47 Å². The summed E-state index contributed by atoms with van der Waals surface area (Å²) in [4.78, 5) is 12.7. The highest BCUT2D eigenvalue weighted by molar-refractivity contribution is 9.28. The van der Waals surface area contributed by atoms with Crippen molar-refractivity contribution in [3.63, 3.8) is 0 Å². The third-order valence-electron chi connectivity index (χ3n) is 4.96. The Kier molecular flexibility index (Phi) is 6.26. The number of carbonyl (C=O) groups is 1. The number of benzene rings is 2. The Labute approximate surface area is 181 Å². The number of rotatable bonds is 6. The quantitative estimate of drug-likeness (QED) is 0.422. The van der Waals surface area contributed by atoms with E-state index in [1.54, 1.807) is 24.3 Å². The van der Waals surface area contributed by atoms with Crippen LogP contribution in [0.2, 0.25) is 0 Å². The van der Waals surface area contributed by atoms with Gasteiger partial charge in [-0.05, 0) is 67.5 Å². The lowest BCUT2D eigenvalue weighted by molar-refractivity contribution is -0.149. The molecule has 0 aliphatic heterocycles. The lowest BCUT2D eigenvalue weighted by atomic mass is 10.1. The number of hydrogen-bond donors (Lipinski definition) is 0. The molecule has 0 aromatic heterocycles. The number of esters is 1. The molecule has 0 amide bonds. The van der Waals surface area contributed by atoms with Crippen LogP contribution in [0.15, 0.2) is 64.1 Å². The highest BCUT2D eigenvalue weighted by Gasteiger charge is 2.61. The molecule has 0 bridgehead atoms. The summed E-state index contributed by atoms with van der Waals surface area (Å²) in [5, 5.41) is 9.56. The predicted octanol–water partition coefficient (Wildman–Crippen LogP) is 6.49. The zero-order valence-corrected chi connectivity index (χ0v) is 18.6. The van der Waals surface area contributed by atoms with Crippen LogP contribution >= 0.6 is 31.9 Å². The third kappa shape index (κ3) is 4.65. The van der Waals surface area contributed by atoms with Crippen molar-refractivity contribution in [3.05, 3.63) is 69.6 Å². The number of ether oxygens (including phenoxy) is 2. The van der Waals surface area contributed by atoms with Crippen LogP contribution in [-0.4, -0.2) is 5.97 Å². The molecular weight excluding hydrogens is 486 g/mol. The number of para-hydroxylation sites is 1. The van der Waals surface area contributed by atoms with Gasteiger partial charge < -0.3 is 9.47 Å². The molecule has 1 aliphatic rings. The summed E-state index contributed by atoms with van der Waals surface area (Å²) in [6, 6.07) is 18.5. The molecule has 0 N–H and O–H groups in total. The van der Waals surface area contributed by atoms with Gasteiger partial charge >= 0.3 is 5.97 Å². The minimum Gasteiger partial charge on any atom is -0.457 e. The smallest absolute Gasteiger partial charge is 0.311 e. The summed E-state index contributed by atoms with van der Waals surface area (Å²) in [7, 11) is 0. The Bertz CT molecular complexity index is 930. The van der Waals surface area contributed by atoms with Gasteiger partial charge in [-0.2, -0.15) is 5.26 Å². The fraction of sp³-hybridized carbons (Fsp3) is 0.273. The van der Waals surface area contributed by atoms with Crippen molar-refractivity contribution < 1.29 is 14.3 Å². The van der Waals surface area contributed by atoms with Gasteiger partial charge in [-0.1, -0.05) is 50.3 Å². The van der Waals surface area contributed by atoms with Crippen LogP contribution in [0.4, 0.5) is 0 Å². The van der Waals surface area contributed by atoms with Gasteiger partial charge in [0.1, 0.15) is 17.6 Å². The SMILES string of the molecule is CC1(C)[C@H](C=C(Br)Br)[C@H]1C(=O)O[C@@H](C#N)c1cccc(Oc2ccccc2)c1. The van der Waals surface area contributed by atoms with E-state index < -0.39 is 6.10 Å². The Morgan fingerprint density at radius 1 is 1.14 bits per heavy atom. The van der Waals surface area contributed by atoms with Crippen molar-refractivity contribution in [1.29, 1.82) is 5.26 Å². The first-order chi connectivity index (χ1) is 13.3. The molecule has 6 heteroatoms. The number of carbonyl (C=O) groups excluding carboxylic acids is 1. The summed E-state index contributed by atoms with van der Waals surface area (Å²) in [5.74, 6) is 0.683. The predicted molar refractivity (Wildman–Crippen MR) is 114 cm³/mol. The van der Waals surface area contributed by atoms with Crippen LogP contribution in [-0.2, 0) is 9.53 Å². The number of nitriles is 1. The molecule has 0 saturated heterocycles. The second kappa shape index (κ2) is 8.50. The molecule has 1 aliphatic carbocycles. The van der Waals surface area contributed by atoms with Gasteiger partial charge in [0.15, 0.2) is 0 Å². The average Bonchev–Trinajstić information content (AvgIpc) is 3.20. The van der Waals surface area contributed by atoms with Crippen LogP contribution in [0.25, 0.3) is 0 Å². The Morgan fingerprint density at radius 3 is 2.46 bits per heavy atom. The zero-order chi connectivity index (χ0) is 20.3. The van der Waals surface area contributed by atoms with Crippen LogP contribution in [0.5, 0.6) is 11.5 Å². The molecule has 0 spiro atoms. The number of hydrogen-bond acceptors (Lipinski definition) is 4. The largest absolute Gasteiger partial charge is 0.457 e. The van der Waals surface area contributed by atoms with Crippen LogP contribution in [0.1, 0.15) is 25.5 Å². The van der Waals surface area contributed by atoms with Gasteiger partial charge in [0.25, 0.3) is 0 Å². The highest BCUT2D eigenvalue weighted by atomic mass is 79.9. The summed E-state index contributed by atoms with van der Waals surface area (Å²) in [6.07, 6.45) is 0.960. The van der Waals surface area contributed by atoms with Crippen molar-refractivity contribution in [3.8, 4) is 17.6 Å². The summed E-state index contributed by atoms with van der Waals surface area (Å²) < 4.78 is 12.2. The minimum absolute atomic E-state index is 0.0563. The number of halogens is 2. The van der Waals surface area contributed by atoms with Crippen LogP contribution in [0.3, 0.4) is 0 Å². The van der Waals surface area contributed by atoms with Crippen molar-refractivity contribution in [2.75, 3.05) is 0 Å². The molecule has 2 aromatic rings. The van der Waals surface area contributed by atoms with E-state index in [9.17, 15) is 10.1 Å². The summed E-state index contributed by atoms with van der Waals surface area (Å²) in [6.45, 7) is 4.03. The maximum Gasteiger partial charge on any atom is 0.311 e. The Morgan fingerprint density at radius 2 is 1.82 bits per heavy atom. The van der Waals surface area contributed by atoms with Crippen LogP contribution in [0, 0.1) is 28.6 Å². The fourth-order valence-electron chi connectivity index (χ4n) is 3.30. The zero-order valence-electron chi connectivity index (χ0n) is 15.4. The van der Waals surface area contributed by atoms with E-state index in [0.717, 1.165) is 3.39 Å². The van der Waals surface area contributed by atoms with E-state index in [2.05, 4.69) is 37.9 Å². The highest BCUT2D eigenvalue weighted by Crippen LogP contribution is 2.60. The maximum absolute atomic E-state index is 12.7. The number of nitrogens with zero attached hydrogens (tertiary/aromatic N) is 1. The molecule has 28 heavy (non-hydrogen) atoms. The van der Waals surface area contributed by atoms with E-state index >= 15 is 0 Å². The topological polar surface area (TPSA) is 59.3 Å². The van der Waals surface area contributed by atoms with Crippen LogP contribution < -0.4 is 4.74 Å². The van der Waals surface area contributed by atoms with Gasteiger partial charge in [0, 0.05) is 5.56 Å². The van der Waals surface area contributed by atoms with Gasteiger partial charge in [0.05, 0.1) is 9.31 Å². The molecule has 2 aromatic carbocycles. The van der Waals surface area contributed by atoms with E-state index in [1.807, 2.05) is 50.3 Å². The van der Waals surface area contributed by atoms with Crippen molar-refractivity contribution in [1.82, 2.24) is 0 Å². The second-order valence-corrected chi connectivity index (χ2v) is 9.99. The monoisotopic (exact) mass is 503 g/mol. The standard InChI is InChI=1S/C22H19Br2NO3/c1-22(2)17(12-19(23)24)20(22)21(26)28-18(13-25)14-7-6-10-16(11-14)27-15-8-4-3-5-9-15/h3-12,17-18,20H,1-2H3/t17-,18+,20+/m1/s1. The number of allylic oxidation sites excluding steroid dienone is 1. The minimum atomic E-state index is -0.986. The molecule has 3 rings (SSSR count). The lowest BCUT2D eigenvalue weighted by Crippen LogP contribution is -2.14. The molecule has 0 radical (unpaired) electrons. The Hall–Kier alpha value is -2.10. The summed E-state index contributed by atoms with van der Waals surface area (Å²) >= 11 is 6.68. The van der Waals surface area contributed by atoms with Crippen molar-refractivity contribution >= 4 is 37.8 Å². The van der Waals surface area contributed by atoms with Gasteiger partial charge in [-0.25, -0.2) is 0 Å². The van der Waals surface area contributed by atoms with E-state index in [-0.39, 0.29) is 23.2 Å². The average molecular weight is 505 g/mol. The fourth-order valence-corrected chi connectivity index (χ4v) is 3.87. The van der Waals surface area contributed by atoms with Crippen molar-refractivity contribution in [2.24, 2.45) is 17.3 Å². The molecular formula is C22H19Br2NO3.